The van der Waals surface area contributed by atoms with Crippen LogP contribution in [-0.2, 0) is 6.54 Å². The van der Waals surface area contributed by atoms with Gasteiger partial charge in [-0.1, -0.05) is 0 Å². The molecule has 0 spiro atoms. The molecule has 1 aromatic rings. The number of hydrogen-bond acceptors (Lipinski definition) is 3. The Bertz CT molecular complexity index is 141. The maximum absolute atomic E-state index is 5.23. The first-order valence-corrected chi connectivity index (χ1v) is 2.46. The largest absolute Gasteiger partial charge is 0.329 e. The monoisotopic (exact) mass is 184 g/mol. The van der Waals surface area contributed by atoms with Gasteiger partial charge in [-0.05, 0) is 0 Å². The van der Waals surface area contributed by atoms with Crippen molar-refractivity contribution in [1.82, 2.24) is 14.8 Å². The van der Waals surface area contributed by atoms with Gasteiger partial charge in [-0.25, -0.2) is 4.98 Å². The Hall–Kier alpha value is -0.320. The average molecular weight is 185 g/mol. The molecule has 1 heterocycles. The molecule has 0 fully saturated rings. The first-order chi connectivity index (χ1) is 3.93. The number of nitrogens with two attached hydrogens (primary N) is 1. The third kappa shape index (κ3) is 3.66. The molecule has 0 aliphatic heterocycles. The molecular formula is C4H10Cl2N4. The molecule has 0 aliphatic rings. The summed E-state index contributed by atoms with van der Waals surface area (Å²) >= 11 is 0. The molecule has 0 amide bonds. The van der Waals surface area contributed by atoms with E-state index in [1.807, 2.05) is 0 Å². The van der Waals surface area contributed by atoms with E-state index in [2.05, 4.69) is 10.1 Å². The predicted octanol–water partition coefficient (Wildman–Crippen LogP) is 0.0804. The molecule has 0 saturated carbocycles. The third-order valence-corrected chi connectivity index (χ3v) is 0.825. The molecule has 0 aromatic carbocycles. The lowest BCUT2D eigenvalue weighted by Gasteiger charge is -1.91. The van der Waals surface area contributed by atoms with Crippen molar-refractivity contribution in [2.75, 3.05) is 6.54 Å². The summed E-state index contributed by atoms with van der Waals surface area (Å²) in [5, 5.41) is 3.83. The van der Waals surface area contributed by atoms with Crippen LogP contribution in [0.25, 0.3) is 0 Å². The molecule has 0 unspecified atom stereocenters. The molecular weight excluding hydrogens is 175 g/mol. The van der Waals surface area contributed by atoms with E-state index in [0.717, 1.165) is 6.54 Å². The molecule has 0 radical (unpaired) electrons. The Labute approximate surface area is 71.6 Å². The van der Waals surface area contributed by atoms with Crippen molar-refractivity contribution in [3.63, 3.8) is 0 Å². The van der Waals surface area contributed by atoms with Crippen molar-refractivity contribution >= 4 is 24.8 Å². The topological polar surface area (TPSA) is 56.7 Å². The van der Waals surface area contributed by atoms with Crippen molar-refractivity contribution in [2.45, 2.75) is 6.54 Å². The van der Waals surface area contributed by atoms with Gasteiger partial charge in [0.15, 0.2) is 0 Å². The van der Waals surface area contributed by atoms with Gasteiger partial charge in [-0.15, -0.1) is 24.8 Å². The van der Waals surface area contributed by atoms with E-state index in [9.17, 15) is 0 Å². The summed E-state index contributed by atoms with van der Waals surface area (Å²) in [4.78, 5) is 3.74. The van der Waals surface area contributed by atoms with E-state index < -0.39 is 0 Å². The smallest absolute Gasteiger partial charge is 0.137 e. The molecule has 1 aromatic heterocycles. The SMILES string of the molecule is Cl.Cl.NCCn1cncn1. The van der Waals surface area contributed by atoms with Gasteiger partial charge < -0.3 is 5.73 Å². The summed E-state index contributed by atoms with van der Waals surface area (Å²) in [6, 6.07) is 0. The summed E-state index contributed by atoms with van der Waals surface area (Å²) in [5.74, 6) is 0. The Morgan fingerprint density at radius 3 is 2.50 bits per heavy atom. The molecule has 1 rings (SSSR count). The zero-order chi connectivity index (χ0) is 5.82. The lowest BCUT2D eigenvalue weighted by Crippen LogP contribution is -2.09. The van der Waals surface area contributed by atoms with Gasteiger partial charge in [0.1, 0.15) is 12.7 Å². The molecule has 10 heavy (non-hydrogen) atoms. The zero-order valence-electron chi connectivity index (χ0n) is 5.30. The minimum Gasteiger partial charge on any atom is -0.329 e. The second kappa shape index (κ2) is 6.80. The molecule has 0 atom stereocenters. The van der Waals surface area contributed by atoms with Crippen molar-refractivity contribution in [1.29, 1.82) is 0 Å². The van der Waals surface area contributed by atoms with Crippen molar-refractivity contribution < 1.29 is 0 Å². The number of rotatable bonds is 2. The van der Waals surface area contributed by atoms with Crippen LogP contribution in [0.3, 0.4) is 0 Å². The Morgan fingerprint density at radius 2 is 2.10 bits per heavy atom. The van der Waals surface area contributed by atoms with Crippen LogP contribution >= 0.6 is 24.8 Å². The number of halogens is 2. The first kappa shape index (κ1) is 12.4. The van der Waals surface area contributed by atoms with Crippen LogP contribution in [0.2, 0.25) is 0 Å². The van der Waals surface area contributed by atoms with Crippen LogP contribution < -0.4 is 5.73 Å². The average Bonchev–Trinajstić information content (AvgIpc) is 2.19. The number of hydrogen-bond donors (Lipinski definition) is 1. The zero-order valence-corrected chi connectivity index (χ0v) is 6.94. The van der Waals surface area contributed by atoms with E-state index in [1.54, 1.807) is 11.0 Å². The fourth-order valence-electron chi connectivity index (χ4n) is 0.480. The minimum atomic E-state index is 0. The molecule has 0 saturated heterocycles. The number of nitrogens with zero attached hydrogens (tertiary/aromatic N) is 3. The highest BCUT2D eigenvalue weighted by Gasteiger charge is 1.83. The van der Waals surface area contributed by atoms with Crippen LogP contribution in [0, 0.1) is 0 Å². The van der Waals surface area contributed by atoms with Gasteiger partial charge in [0.05, 0.1) is 6.54 Å². The summed E-state index contributed by atoms with van der Waals surface area (Å²) in [7, 11) is 0. The summed E-state index contributed by atoms with van der Waals surface area (Å²) < 4.78 is 1.69. The highest BCUT2D eigenvalue weighted by molar-refractivity contribution is 5.85. The second-order valence-corrected chi connectivity index (χ2v) is 1.45. The first-order valence-electron chi connectivity index (χ1n) is 2.46. The van der Waals surface area contributed by atoms with Gasteiger partial charge in [-0.2, -0.15) is 5.10 Å². The van der Waals surface area contributed by atoms with Crippen LogP contribution in [-0.4, -0.2) is 21.3 Å². The second-order valence-electron chi connectivity index (χ2n) is 1.45. The van der Waals surface area contributed by atoms with Gasteiger partial charge in [0, 0.05) is 6.54 Å². The predicted molar refractivity (Wildman–Crippen MR) is 43.6 cm³/mol. The highest BCUT2D eigenvalue weighted by atomic mass is 35.5. The van der Waals surface area contributed by atoms with Crippen LogP contribution in [0.4, 0.5) is 0 Å². The molecule has 6 heteroatoms. The van der Waals surface area contributed by atoms with E-state index in [-0.39, 0.29) is 24.8 Å². The fraction of sp³-hybridized carbons (Fsp3) is 0.500. The van der Waals surface area contributed by atoms with Crippen molar-refractivity contribution in [2.24, 2.45) is 5.73 Å². The van der Waals surface area contributed by atoms with Gasteiger partial charge in [0.25, 0.3) is 0 Å². The number of aromatic nitrogens is 3. The van der Waals surface area contributed by atoms with Crippen molar-refractivity contribution in [3.05, 3.63) is 12.7 Å². The lowest BCUT2D eigenvalue weighted by molar-refractivity contribution is 0.623. The van der Waals surface area contributed by atoms with Gasteiger partial charge >= 0.3 is 0 Å². The van der Waals surface area contributed by atoms with Crippen LogP contribution in [0.15, 0.2) is 12.7 Å². The van der Waals surface area contributed by atoms with Crippen LogP contribution in [0.1, 0.15) is 0 Å². The van der Waals surface area contributed by atoms with Gasteiger partial charge in [0.2, 0.25) is 0 Å². The quantitative estimate of drug-likeness (QED) is 0.709. The van der Waals surface area contributed by atoms with E-state index >= 15 is 0 Å². The van der Waals surface area contributed by atoms with Crippen LogP contribution in [0.5, 0.6) is 0 Å². The Balaban J connectivity index is 0. The Morgan fingerprint density at radius 1 is 1.40 bits per heavy atom. The lowest BCUT2D eigenvalue weighted by atomic mass is 10.7. The molecule has 0 bridgehead atoms. The minimum absolute atomic E-state index is 0. The maximum atomic E-state index is 5.23. The van der Waals surface area contributed by atoms with E-state index in [4.69, 9.17) is 5.73 Å². The van der Waals surface area contributed by atoms with Gasteiger partial charge in [-0.3, -0.25) is 4.68 Å². The highest BCUT2D eigenvalue weighted by Crippen LogP contribution is 1.74. The maximum Gasteiger partial charge on any atom is 0.137 e. The van der Waals surface area contributed by atoms with E-state index in [1.165, 1.54) is 6.33 Å². The molecule has 0 aliphatic carbocycles. The summed E-state index contributed by atoms with van der Waals surface area (Å²) in [6.07, 6.45) is 3.14. The normalized spacial score (nSPS) is 7.70. The van der Waals surface area contributed by atoms with E-state index in [0.29, 0.717) is 6.54 Å². The molecule has 2 N–H and O–H groups in total. The fourth-order valence-corrected chi connectivity index (χ4v) is 0.480. The molecule has 60 valence electrons. The molecule has 4 nitrogen and oxygen atoms in total. The Kier molecular flexibility index (Phi) is 8.40. The summed E-state index contributed by atoms with van der Waals surface area (Å²) in [5.41, 5.74) is 5.23. The van der Waals surface area contributed by atoms with Crippen molar-refractivity contribution in [3.8, 4) is 0 Å². The third-order valence-electron chi connectivity index (χ3n) is 0.825. The standard InChI is InChI=1S/C4H8N4.2ClH/c5-1-2-8-4-6-3-7-8;;/h3-4H,1-2,5H2;2*1H. The summed E-state index contributed by atoms with van der Waals surface area (Å²) in [6.45, 7) is 1.36.